The summed E-state index contributed by atoms with van der Waals surface area (Å²) in [5.74, 6) is 0.604. The van der Waals surface area contributed by atoms with Crippen molar-refractivity contribution in [2.24, 2.45) is 11.7 Å². The second-order valence-electron chi connectivity index (χ2n) is 2.85. The Kier molecular flexibility index (Phi) is 7.15. The molecule has 0 saturated heterocycles. The molecule has 3 heteroatoms. The number of hydrogen-bond acceptors (Lipinski definition) is 2. The zero-order valence-corrected chi connectivity index (χ0v) is 7.57. The van der Waals surface area contributed by atoms with Crippen molar-refractivity contribution in [3.05, 3.63) is 0 Å². The molecule has 0 aliphatic heterocycles. The summed E-state index contributed by atoms with van der Waals surface area (Å²) in [4.78, 5) is 10.6. The summed E-state index contributed by atoms with van der Waals surface area (Å²) in [5.41, 5.74) is 5.47. The van der Waals surface area contributed by atoms with Gasteiger partial charge in [0.25, 0.3) is 0 Å². The zero-order chi connectivity index (χ0) is 7.44. The number of halogens is 1. The first-order valence-corrected chi connectivity index (χ1v) is 3.30. The van der Waals surface area contributed by atoms with Crippen LogP contribution in [0.25, 0.3) is 0 Å². The molecule has 62 valence electrons. The van der Waals surface area contributed by atoms with Crippen molar-refractivity contribution >= 4 is 18.2 Å². The Bertz CT molecular complexity index is 104. The molecule has 0 fully saturated rings. The van der Waals surface area contributed by atoms with E-state index in [1.165, 1.54) is 6.92 Å². The van der Waals surface area contributed by atoms with Gasteiger partial charge in [-0.2, -0.15) is 0 Å². The van der Waals surface area contributed by atoms with Crippen LogP contribution in [-0.4, -0.2) is 11.8 Å². The van der Waals surface area contributed by atoms with Gasteiger partial charge in [-0.15, -0.1) is 12.4 Å². The lowest BCUT2D eigenvalue weighted by Gasteiger charge is -2.08. The van der Waals surface area contributed by atoms with Crippen molar-refractivity contribution in [3.8, 4) is 0 Å². The molecule has 0 aromatic heterocycles. The molecular weight excluding hydrogens is 150 g/mol. The van der Waals surface area contributed by atoms with E-state index in [4.69, 9.17) is 5.73 Å². The van der Waals surface area contributed by atoms with Gasteiger partial charge in [0.05, 0.1) is 6.04 Å². The summed E-state index contributed by atoms with van der Waals surface area (Å²) >= 11 is 0. The van der Waals surface area contributed by atoms with Crippen LogP contribution in [0, 0.1) is 5.92 Å². The van der Waals surface area contributed by atoms with Crippen LogP contribution in [0.15, 0.2) is 0 Å². The Labute approximate surface area is 68.6 Å². The highest BCUT2D eigenvalue weighted by atomic mass is 35.5. The molecule has 0 bridgehead atoms. The van der Waals surface area contributed by atoms with Crippen molar-refractivity contribution in [2.45, 2.75) is 33.2 Å². The van der Waals surface area contributed by atoms with Gasteiger partial charge in [0.15, 0.2) is 0 Å². The highest BCUT2D eigenvalue weighted by molar-refractivity contribution is 5.85. The third-order valence-corrected chi connectivity index (χ3v) is 1.25. The minimum Gasteiger partial charge on any atom is -0.322 e. The maximum absolute atomic E-state index is 10.6. The first kappa shape index (κ1) is 12.6. The molecule has 0 aromatic carbocycles. The molecule has 0 aliphatic rings. The van der Waals surface area contributed by atoms with Gasteiger partial charge in [-0.25, -0.2) is 0 Å². The molecule has 0 heterocycles. The number of rotatable bonds is 3. The van der Waals surface area contributed by atoms with Gasteiger partial charge in [0.1, 0.15) is 5.78 Å². The predicted molar refractivity (Wildman–Crippen MR) is 45.4 cm³/mol. The van der Waals surface area contributed by atoms with Crippen LogP contribution in [0.4, 0.5) is 0 Å². The standard InChI is InChI=1S/C7H15NO.ClH/c1-5(2)4-7(8)6(3)9;/h5,7H,4,8H2,1-3H3;1H. The number of hydrogen-bond donors (Lipinski definition) is 1. The minimum atomic E-state index is -0.245. The number of ketones is 1. The smallest absolute Gasteiger partial charge is 0.146 e. The van der Waals surface area contributed by atoms with E-state index in [1.54, 1.807) is 0 Å². The number of carbonyl (C=O) groups is 1. The number of nitrogens with two attached hydrogens (primary N) is 1. The second kappa shape index (κ2) is 5.69. The van der Waals surface area contributed by atoms with Crippen LogP contribution >= 0.6 is 12.4 Å². The maximum atomic E-state index is 10.6. The molecule has 10 heavy (non-hydrogen) atoms. The van der Waals surface area contributed by atoms with Gasteiger partial charge in [0.2, 0.25) is 0 Å². The van der Waals surface area contributed by atoms with E-state index in [1.807, 2.05) is 0 Å². The zero-order valence-electron chi connectivity index (χ0n) is 6.76. The van der Waals surface area contributed by atoms with Gasteiger partial charge in [-0.05, 0) is 19.3 Å². The van der Waals surface area contributed by atoms with Gasteiger partial charge in [-0.3, -0.25) is 4.79 Å². The van der Waals surface area contributed by atoms with Crippen LogP contribution in [0.3, 0.4) is 0 Å². The lowest BCUT2D eigenvalue weighted by Crippen LogP contribution is -2.29. The molecule has 1 atom stereocenters. The maximum Gasteiger partial charge on any atom is 0.146 e. The summed E-state index contributed by atoms with van der Waals surface area (Å²) < 4.78 is 0. The quantitative estimate of drug-likeness (QED) is 0.687. The Morgan fingerprint density at radius 1 is 1.50 bits per heavy atom. The first-order chi connectivity index (χ1) is 4.04. The van der Waals surface area contributed by atoms with E-state index in [9.17, 15) is 4.79 Å². The van der Waals surface area contributed by atoms with Crippen molar-refractivity contribution < 1.29 is 4.79 Å². The molecule has 0 aliphatic carbocycles. The van der Waals surface area contributed by atoms with Crippen LogP contribution in [0.2, 0.25) is 0 Å². The van der Waals surface area contributed by atoms with Gasteiger partial charge in [-0.1, -0.05) is 13.8 Å². The fourth-order valence-corrected chi connectivity index (χ4v) is 0.674. The second-order valence-corrected chi connectivity index (χ2v) is 2.85. The van der Waals surface area contributed by atoms with Crippen molar-refractivity contribution in [1.82, 2.24) is 0 Å². The number of Topliss-reactive ketones (excluding diaryl/α,β-unsaturated/α-hetero) is 1. The average Bonchev–Trinajstić information content (AvgIpc) is 1.63. The third-order valence-electron chi connectivity index (χ3n) is 1.25. The largest absolute Gasteiger partial charge is 0.322 e. The van der Waals surface area contributed by atoms with Crippen molar-refractivity contribution in [2.75, 3.05) is 0 Å². The van der Waals surface area contributed by atoms with E-state index in [0.29, 0.717) is 5.92 Å². The minimum absolute atomic E-state index is 0. The molecule has 0 amide bonds. The molecule has 1 unspecified atom stereocenters. The predicted octanol–water partition coefficient (Wildman–Crippen LogP) is 1.37. The Balaban J connectivity index is 0. The highest BCUT2D eigenvalue weighted by Gasteiger charge is 2.08. The summed E-state index contributed by atoms with van der Waals surface area (Å²) in [6.45, 7) is 5.65. The number of carbonyl (C=O) groups excluding carboxylic acids is 1. The molecule has 2 nitrogen and oxygen atoms in total. The molecule has 0 saturated carbocycles. The van der Waals surface area contributed by atoms with E-state index in [-0.39, 0.29) is 24.2 Å². The van der Waals surface area contributed by atoms with Crippen LogP contribution in [0.5, 0.6) is 0 Å². The van der Waals surface area contributed by atoms with Gasteiger partial charge >= 0.3 is 0 Å². The SMILES string of the molecule is CC(=O)C(N)CC(C)C.Cl. The van der Waals surface area contributed by atoms with E-state index >= 15 is 0 Å². The van der Waals surface area contributed by atoms with Crippen LogP contribution in [-0.2, 0) is 4.79 Å². The summed E-state index contributed by atoms with van der Waals surface area (Å²) in [5, 5.41) is 0. The van der Waals surface area contributed by atoms with E-state index in [0.717, 1.165) is 6.42 Å². The lowest BCUT2D eigenvalue weighted by atomic mass is 10.0. The summed E-state index contributed by atoms with van der Waals surface area (Å²) in [7, 11) is 0. The van der Waals surface area contributed by atoms with Crippen LogP contribution < -0.4 is 5.73 Å². The highest BCUT2D eigenvalue weighted by Crippen LogP contribution is 2.02. The van der Waals surface area contributed by atoms with Crippen molar-refractivity contribution in [1.29, 1.82) is 0 Å². The molecule has 2 N–H and O–H groups in total. The van der Waals surface area contributed by atoms with E-state index in [2.05, 4.69) is 13.8 Å². The summed E-state index contributed by atoms with van der Waals surface area (Å²) in [6, 6.07) is -0.245. The van der Waals surface area contributed by atoms with Gasteiger partial charge in [0, 0.05) is 0 Å². The molecule has 0 rings (SSSR count). The molecular formula is C7H16ClNO. The Morgan fingerprint density at radius 2 is 1.90 bits per heavy atom. The monoisotopic (exact) mass is 165 g/mol. The van der Waals surface area contributed by atoms with Crippen molar-refractivity contribution in [3.63, 3.8) is 0 Å². The molecule has 0 radical (unpaired) electrons. The third kappa shape index (κ3) is 6.05. The fourth-order valence-electron chi connectivity index (χ4n) is 0.674. The van der Waals surface area contributed by atoms with Gasteiger partial charge < -0.3 is 5.73 Å². The van der Waals surface area contributed by atoms with E-state index < -0.39 is 0 Å². The average molecular weight is 166 g/mol. The fraction of sp³-hybridized carbons (Fsp3) is 0.857. The Hall–Kier alpha value is -0.0800. The lowest BCUT2D eigenvalue weighted by molar-refractivity contribution is -0.118. The molecule has 0 aromatic rings. The normalized spacial score (nSPS) is 12.5. The topological polar surface area (TPSA) is 43.1 Å². The Morgan fingerprint density at radius 3 is 2.00 bits per heavy atom. The van der Waals surface area contributed by atoms with Crippen LogP contribution in [0.1, 0.15) is 27.2 Å². The summed E-state index contributed by atoms with van der Waals surface area (Å²) in [6.07, 6.45) is 0.801. The molecule has 0 spiro atoms. The first-order valence-electron chi connectivity index (χ1n) is 3.30.